The number of aliphatic hydroxyl groups excluding tert-OH is 2. The number of nitrogens with one attached hydrogen (secondary N) is 1. The lowest BCUT2D eigenvalue weighted by molar-refractivity contribution is -0.144. The summed E-state index contributed by atoms with van der Waals surface area (Å²) < 4.78 is 5.07. The highest BCUT2D eigenvalue weighted by atomic mass is 35.5. The third-order valence-electron chi connectivity index (χ3n) is 2.12. The monoisotopic (exact) mass is 339 g/mol. The Morgan fingerprint density at radius 2 is 1.86 bits per heavy atom. The minimum atomic E-state index is -1.05. The number of benzene rings is 1. The number of rotatable bonds is 7. The van der Waals surface area contributed by atoms with E-state index in [-0.39, 0.29) is 13.2 Å². The summed E-state index contributed by atoms with van der Waals surface area (Å²) in [6, 6.07) is 4.61. The number of hydrogen-bond donors (Lipinski definition) is 4. The molecule has 1 atom stereocenters. The summed E-state index contributed by atoms with van der Waals surface area (Å²) in [6.45, 7) is 2.84. The SMILES string of the molecule is CC(Oc1ccc(Cl)cc1Cl)C(=O)O.OCCNCCO. The maximum atomic E-state index is 10.5. The summed E-state index contributed by atoms with van der Waals surface area (Å²) in [6.07, 6.45) is -0.936. The standard InChI is InChI=1S/C9H8Cl2O3.C4H11NO2/c1-5(9(12)13)14-8-3-2-6(10)4-7(8)11;6-3-1-5-2-4-7/h2-5H,1H3,(H,12,13);5-7H,1-4H2. The van der Waals surface area contributed by atoms with Crippen molar-refractivity contribution in [1.29, 1.82) is 0 Å². The van der Waals surface area contributed by atoms with E-state index in [4.69, 9.17) is 43.3 Å². The Balaban J connectivity index is 0.000000486. The van der Waals surface area contributed by atoms with Gasteiger partial charge in [0.25, 0.3) is 0 Å². The molecule has 0 heterocycles. The van der Waals surface area contributed by atoms with Gasteiger partial charge in [0.15, 0.2) is 6.10 Å². The molecule has 0 radical (unpaired) electrons. The van der Waals surface area contributed by atoms with Crippen LogP contribution in [0.5, 0.6) is 5.75 Å². The molecule has 6 nitrogen and oxygen atoms in total. The summed E-state index contributed by atoms with van der Waals surface area (Å²) in [7, 11) is 0. The van der Waals surface area contributed by atoms with Gasteiger partial charge in [-0.1, -0.05) is 23.2 Å². The molecule has 0 amide bonds. The van der Waals surface area contributed by atoms with E-state index in [1.807, 2.05) is 0 Å². The van der Waals surface area contributed by atoms with E-state index in [1.54, 1.807) is 6.07 Å². The maximum Gasteiger partial charge on any atom is 0.344 e. The second-order valence-electron chi connectivity index (χ2n) is 3.87. The van der Waals surface area contributed by atoms with Crippen molar-refractivity contribution in [3.05, 3.63) is 28.2 Å². The number of hydrogen-bond acceptors (Lipinski definition) is 5. The van der Waals surface area contributed by atoms with Gasteiger partial charge in [-0.25, -0.2) is 4.79 Å². The van der Waals surface area contributed by atoms with Crippen molar-refractivity contribution in [3.8, 4) is 5.75 Å². The molecular formula is C13H19Cl2NO5. The fraction of sp³-hybridized carbons (Fsp3) is 0.462. The largest absolute Gasteiger partial charge is 0.479 e. The first-order chi connectivity index (χ1) is 9.92. The van der Waals surface area contributed by atoms with Crippen LogP contribution in [0.4, 0.5) is 0 Å². The second kappa shape index (κ2) is 11.6. The molecule has 0 spiro atoms. The summed E-state index contributed by atoms with van der Waals surface area (Å²) >= 11 is 11.4. The van der Waals surface area contributed by atoms with E-state index < -0.39 is 12.1 Å². The van der Waals surface area contributed by atoms with Crippen LogP contribution in [0.1, 0.15) is 6.92 Å². The average Bonchev–Trinajstić information content (AvgIpc) is 2.43. The summed E-state index contributed by atoms with van der Waals surface area (Å²) in [5, 5.41) is 28.5. The lowest BCUT2D eigenvalue weighted by Gasteiger charge is -2.11. The van der Waals surface area contributed by atoms with Gasteiger partial charge in [0.2, 0.25) is 0 Å². The van der Waals surface area contributed by atoms with Crippen LogP contribution in [-0.4, -0.2) is 53.7 Å². The number of ether oxygens (including phenoxy) is 1. The van der Waals surface area contributed by atoms with Crippen LogP contribution < -0.4 is 10.1 Å². The highest BCUT2D eigenvalue weighted by molar-refractivity contribution is 6.35. The maximum absolute atomic E-state index is 10.5. The molecule has 1 aromatic carbocycles. The van der Waals surface area contributed by atoms with Gasteiger partial charge in [0.1, 0.15) is 5.75 Å². The first-order valence-corrected chi connectivity index (χ1v) is 6.95. The van der Waals surface area contributed by atoms with E-state index in [0.29, 0.717) is 28.9 Å². The Morgan fingerprint density at radius 3 is 2.29 bits per heavy atom. The van der Waals surface area contributed by atoms with Crippen LogP contribution in [0.3, 0.4) is 0 Å². The van der Waals surface area contributed by atoms with Gasteiger partial charge >= 0.3 is 5.97 Å². The number of carbonyl (C=O) groups is 1. The van der Waals surface area contributed by atoms with Crippen molar-refractivity contribution in [3.63, 3.8) is 0 Å². The van der Waals surface area contributed by atoms with Gasteiger partial charge in [0.05, 0.1) is 18.2 Å². The van der Waals surface area contributed by atoms with E-state index in [0.717, 1.165) is 0 Å². The van der Waals surface area contributed by atoms with Crippen molar-refractivity contribution in [1.82, 2.24) is 5.32 Å². The van der Waals surface area contributed by atoms with Crippen LogP contribution in [0.15, 0.2) is 18.2 Å². The Labute approximate surface area is 133 Å². The minimum absolute atomic E-state index is 0.139. The Hall–Kier alpha value is -1.05. The molecule has 8 heteroatoms. The van der Waals surface area contributed by atoms with Gasteiger partial charge in [-0.15, -0.1) is 0 Å². The van der Waals surface area contributed by atoms with E-state index in [1.165, 1.54) is 19.1 Å². The molecule has 1 unspecified atom stereocenters. The lowest BCUT2D eigenvalue weighted by Crippen LogP contribution is -2.22. The molecule has 0 fully saturated rings. The zero-order valence-corrected chi connectivity index (χ0v) is 13.1. The number of aliphatic carboxylic acids is 1. The van der Waals surface area contributed by atoms with Crippen molar-refractivity contribution in [2.45, 2.75) is 13.0 Å². The summed E-state index contributed by atoms with van der Waals surface area (Å²) in [5.74, 6) is -0.734. The Morgan fingerprint density at radius 1 is 1.29 bits per heavy atom. The Bertz CT molecular complexity index is 427. The van der Waals surface area contributed by atoms with Gasteiger partial charge < -0.3 is 25.4 Å². The van der Waals surface area contributed by atoms with Crippen molar-refractivity contribution >= 4 is 29.2 Å². The molecule has 0 aliphatic heterocycles. The topological polar surface area (TPSA) is 99.0 Å². The van der Waals surface area contributed by atoms with Gasteiger partial charge in [-0.2, -0.15) is 0 Å². The van der Waals surface area contributed by atoms with E-state index >= 15 is 0 Å². The lowest BCUT2D eigenvalue weighted by atomic mass is 10.3. The third-order valence-corrected chi connectivity index (χ3v) is 2.65. The zero-order chi connectivity index (χ0) is 16.3. The predicted molar refractivity (Wildman–Crippen MR) is 81.2 cm³/mol. The molecule has 0 bridgehead atoms. The number of halogens is 2. The van der Waals surface area contributed by atoms with Gasteiger partial charge in [0, 0.05) is 18.1 Å². The highest BCUT2D eigenvalue weighted by Gasteiger charge is 2.14. The minimum Gasteiger partial charge on any atom is -0.479 e. The molecule has 0 saturated carbocycles. The molecule has 120 valence electrons. The number of aliphatic hydroxyl groups is 2. The quantitative estimate of drug-likeness (QED) is 0.560. The molecule has 21 heavy (non-hydrogen) atoms. The molecular weight excluding hydrogens is 321 g/mol. The van der Waals surface area contributed by atoms with Crippen LogP contribution in [0, 0.1) is 0 Å². The predicted octanol–water partition coefficient (Wildman–Crippen LogP) is 1.41. The summed E-state index contributed by atoms with van der Waals surface area (Å²) in [4.78, 5) is 10.5. The highest BCUT2D eigenvalue weighted by Crippen LogP contribution is 2.28. The molecule has 1 rings (SSSR count). The van der Waals surface area contributed by atoms with Crippen molar-refractivity contribution in [2.75, 3.05) is 26.3 Å². The van der Waals surface area contributed by atoms with Crippen LogP contribution in [-0.2, 0) is 4.79 Å². The normalized spacial score (nSPS) is 11.3. The second-order valence-corrected chi connectivity index (χ2v) is 4.71. The van der Waals surface area contributed by atoms with Crippen LogP contribution in [0.25, 0.3) is 0 Å². The summed E-state index contributed by atoms with van der Waals surface area (Å²) in [5.41, 5.74) is 0. The molecule has 1 aromatic rings. The fourth-order valence-electron chi connectivity index (χ4n) is 1.09. The number of carboxylic acid groups (broad SMARTS) is 1. The molecule has 0 aromatic heterocycles. The van der Waals surface area contributed by atoms with Crippen LogP contribution >= 0.6 is 23.2 Å². The van der Waals surface area contributed by atoms with Gasteiger partial charge in [-0.3, -0.25) is 0 Å². The zero-order valence-electron chi connectivity index (χ0n) is 11.6. The molecule has 0 aliphatic rings. The van der Waals surface area contributed by atoms with E-state index in [2.05, 4.69) is 5.32 Å². The first-order valence-electron chi connectivity index (χ1n) is 6.19. The third kappa shape index (κ3) is 9.49. The fourth-order valence-corrected chi connectivity index (χ4v) is 1.55. The first kappa shape index (κ1) is 19.9. The smallest absolute Gasteiger partial charge is 0.344 e. The molecule has 0 aliphatic carbocycles. The molecule has 0 saturated heterocycles. The van der Waals surface area contributed by atoms with Crippen LogP contribution in [0.2, 0.25) is 10.0 Å². The molecule has 4 N–H and O–H groups in total. The van der Waals surface area contributed by atoms with Crippen molar-refractivity contribution in [2.24, 2.45) is 0 Å². The number of carboxylic acids is 1. The average molecular weight is 340 g/mol. The van der Waals surface area contributed by atoms with Crippen molar-refractivity contribution < 1.29 is 24.9 Å². The Kier molecular flexibility index (Phi) is 11.0. The van der Waals surface area contributed by atoms with Gasteiger partial charge in [-0.05, 0) is 25.1 Å². The van der Waals surface area contributed by atoms with E-state index in [9.17, 15) is 4.79 Å².